The number of thiocarbonyl (C=S) groups is 1. The molecular formula is C18H13ClN2O2S. The summed E-state index contributed by atoms with van der Waals surface area (Å²) in [5.74, 6) is -0.190. The first-order chi connectivity index (χ1) is 11.5. The number of fused-ring (bicyclic) bond motifs is 1. The lowest BCUT2D eigenvalue weighted by Crippen LogP contribution is -2.34. The third-order valence-electron chi connectivity index (χ3n) is 3.46. The molecule has 0 aliphatic carbocycles. The standard InChI is InChI=1S/C18H13ClN2O2S/c19-15-6-2-1-5-14(15)17(23)21-18(24)20-16-7-3-4-11-10-12(22)8-9-13(11)16/h1-10,22H,(H2,20,21,23,24). The third kappa shape index (κ3) is 3.48. The van der Waals surface area contributed by atoms with Crippen LogP contribution < -0.4 is 10.6 Å². The van der Waals surface area contributed by atoms with E-state index in [0.29, 0.717) is 10.6 Å². The molecule has 0 aromatic heterocycles. The number of amides is 1. The first-order valence-electron chi connectivity index (χ1n) is 7.13. The molecule has 3 aromatic carbocycles. The summed E-state index contributed by atoms with van der Waals surface area (Å²) in [5.41, 5.74) is 1.09. The number of phenolic OH excluding ortho intramolecular Hbond substituents is 1. The van der Waals surface area contributed by atoms with E-state index in [2.05, 4.69) is 10.6 Å². The molecule has 3 N–H and O–H groups in total. The average Bonchev–Trinajstić information content (AvgIpc) is 2.55. The number of anilines is 1. The third-order valence-corrected chi connectivity index (χ3v) is 3.99. The van der Waals surface area contributed by atoms with Crippen molar-refractivity contribution in [1.29, 1.82) is 0 Å². The van der Waals surface area contributed by atoms with E-state index in [1.807, 2.05) is 18.2 Å². The van der Waals surface area contributed by atoms with Crippen molar-refractivity contribution in [2.24, 2.45) is 0 Å². The summed E-state index contributed by atoms with van der Waals surface area (Å²) in [4.78, 5) is 12.2. The van der Waals surface area contributed by atoms with Gasteiger partial charge in [0.15, 0.2) is 5.11 Å². The number of rotatable bonds is 2. The maximum absolute atomic E-state index is 12.2. The molecule has 0 saturated heterocycles. The van der Waals surface area contributed by atoms with E-state index >= 15 is 0 Å². The van der Waals surface area contributed by atoms with Gasteiger partial charge in [-0.2, -0.15) is 0 Å². The highest BCUT2D eigenvalue weighted by Crippen LogP contribution is 2.26. The fourth-order valence-corrected chi connectivity index (χ4v) is 2.77. The van der Waals surface area contributed by atoms with Crippen LogP contribution in [0.1, 0.15) is 10.4 Å². The van der Waals surface area contributed by atoms with Gasteiger partial charge in [0.05, 0.1) is 10.6 Å². The molecule has 0 fully saturated rings. The Labute approximate surface area is 149 Å². The number of hydrogen-bond acceptors (Lipinski definition) is 3. The lowest BCUT2D eigenvalue weighted by molar-refractivity contribution is 0.0978. The number of aromatic hydroxyl groups is 1. The van der Waals surface area contributed by atoms with E-state index in [9.17, 15) is 9.90 Å². The van der Waals surface area contributed by atoms with Crippen molar-refractivity contribution in [3.8, 4) is 5.75 Å². The number of carbonyl (C=O) groups is 1. The Balaban J connectivity index is 1.78. The molecule has 0 unspecified atom stereocenters. The summed E-state index contributed by atoms with van der Waals surface area (Å²) < 4.78 is 0. The van der Waals surface area contributed by atoms with Gasteiger partial charge in [0.2, 0.25) is 0 Å². The highest BCUT2D eigenvalue weighted by atomic mass is 35.5. The summed E-state index contributed by atoms with van der Waals surface area (Å²) in [5, 5.41) is 17.4. The first-order valence-corrected chi connectivity index (χ1v) is 7.92. The Morgan fingerprint density at radius 2 is 1.83 bits per heavy atom. The fraction of sp³-hybridized carbons (Fsp3) is 0. The zero-order valence-electron chi connectivity index (χ0n) is 12.4. The fourth-order valence-electron chi connectivity index (χ4n) is 2.35. The van der Waals surface area contributed by atoms with Crippen LogP contribution in [0.5, 0.6) is 5.75 Å². The molecule has 0 spiro atoms. The largest absolute Gasteiger partial charge is 0.508 e. The highest BCUT2D eigenvalue weighted by molar-refractivity contribution is 7.80. The second kappa shape index (κ2) is 6.86. The molecule has 4 nitrogen and oxygen atoms in total. The molecule has 3 aromatic rings. The Kier molecular flexibility index (Phi) is 4.64. The smallest absolute Gasteiger partial charge is 0.258 e. The van der Waals surface area contributed by atoms with Gasteiger partial charge < -0.3 is 10.4 Å². The Morgan fingerprint density at radius 3 is 2.62 bits per heavy atom. The van der Waals surface area contributed by atoms with E-state index in [4.69, 9.17) is 23.8 Å². The summed E-state index contributed by atoms with van der Waals surface area (Å²) in [6.07, 6.45) is 0. The summed E-state index contributed by atoms with van der Waals surface area (Å²) in [6, 6.07) is 17.3. The number of hydrogen-bond donors (Lipinski definition) is 3. The Hall–Kier alpha value is -2.63. The van der Waals surface area contributed by atoms with Gasteiger partial charge in [0, 0.05) is 11.1 Å². The van der Waals surface area contributed by atoms with E-state index in [0.717, 1.165) is 16.5 Å². The highest BCUT2D eigenvalue weighted by Gasteiger charge is 2.12. The SMILES string of the molecule is O=C(NC(=S)Nc1cccc2cc(O)ccc12)c1ccccc1Cl. The molecule has 1 amide bonds. The quantitative estimate of drug-likeness (QED) is 0.598. The molecule has 0 aliphatic rings. The van der Waals surface area contributed by atoms with Crippen molar-refractivity contribution in [3.05, 3.63) is 71.2 Å². The van der Waals surface area contributed by atoms with Crippen molar-refractivity contribution < 1.29 is 9.90 Å². The lowest BCUT2D eigenvalue weighted by Gasteiger charge is -2.12. The maximum atomic E-state index is 12.2. The lowest BCUT2D eigenvalue weighted by atomic mass is 10.1. The molecule has 0 atom stereocenters. The second-order valence-electron chi connectivity index (χ2n) is 5.10. The molecular weight excluding hydrogens is 344 g/mol. The van der Waals surface area contributed by atoms with E-state index in [1.165, 1.54) is 0 Å². The minimum absolute atomic E-state index is 0.167. The van der Waals surface area contributed by atoms with Gasteiger partial charge in [-0.1, -0.05) is 35.9 Å². The molecule has 3 rings (SSSR count). The van der Waals surface area contributed by atoms with E-state index in [-0.39, 0.29) is 16.8 Å². The van der Waals surface area contributed by atoms with Crippen LogP contribution in [0.3, 0.4) is 0 Å². The number of nitrogens with one attached hydrogen (secondary N) is 2. The molecule has 0 bridgehead atoms. The number of halogens is 1. The van der Waals surface area contributed by atoms with Gasteiger partial charge in [-0.3, -0.25) is 10.1 Å². The summed E-state index contributed by atoms with van der Waals surface area (Å²) in [6.45, 7) is 0. The van der Waals surface area contributed by atoms with Crippen LogP contribution in [-0.2, 0) is 0 Å². The van der Waals surface area contributed by atoms with E-state index in [1.54, 1.807) is 42.5 Å². The maximum Gasteiger partial charge on any atom is 0.258 e. The molecule has 120 valence electrons. The van der Waals surface area contributed by atoms with Gasteiger partial charge in [0.25, 0.3) is 5.91 Å². The van der Waals surface area contributed by atoms with E-state index < -0.39 is 0 Å². The van der Waals surface area contributed by atoms with Gasteiger partial charge in [-0.15, -0.1) is 0 Å². The van der Waals surface area contributed by atoms with Crippen LogP contribution in [0.25, 0.3) is 10.8 Å². The van der Waals surface area contributed by atoms with Crippen LogP contribution >= 0.6 is 23.8 Å². The molecule has 6 heteroatoms. The molecule has 0 saturated carbocycles. The molecule has 24 heavy (non-hydrogen) atoms. The minimum atomic E-state index is -0.379. The summed E-state index contributed by atoms with van der Waals surface area (Å²) in [7, 11) is 0. The zero-order chi connectivity index (χ0) is 17.1. The minimum Gasteiger partial charge on any atom is -0.508 e. The number of carbonyl (C=O) groups excluding carboxylic acids is 1. The first kappa shape index (κ1) is 16.2. The van der Waals surface area contributed by atoms with Crippen molar-refractivity contribution in [2.45, 2.75) is 0 Å². The summed E-state index contributed by atoms with van der Waals surface area (Å²) >= 11 is 11.2. The monoisotopic (exact) mass is 356 g/mol. The topological polar surface area (TPSA) is 61.4 Å². The van der Waals surface area contributed by atoms with Crippen LogP contribution in [0.15, 0.2) is 60.7 Å². The van der Waals surface area contributed by atoms with Gasteiger partial charge >= 0.3 is 0 Å². The average molecular weight is 357 g/mol. The van der Waals surface area contributed by atoms with Gasteiger partial charge in [0.1, 0.15) is 5.75 Å². The van der Waals surface area contributed by atoms with Gasteiger partial charge in [-0.25, -0.2) is 0 Å². The normalized spacial score (nSPS) is 10.4. The van der Waals surface area contributed by atoms with Crippen LogP contribution in [0.2, 0.25) is 5.02 Å². The van der Waals surface area contributed by atoms with Gasteiger partial charge in [-0.05, 0) is 54.0 Å². The predicted molar refractivity (Wildman–Crippen MR) is 101 cm³/mol. The van der Waals surface area contributed by atoms with Crippen LogP contribution in [-0.4, -0.2) is 16.1 Å². The van der Waals surface area contributed by atoms with Crippen molar-refractivity contribution in [3.63, 3.8) is 0 Å². The second-order valence-corrected chi connectivity index (χ2v) is 5.91. The predicted octanol–water partition coefficient (Wildman–Crippen LogP) is 4.33. The van der Waals surface area contributed by atoms with Crippen molar-refractivity contribution in [1.82, 2.24) is 5.32 Å². The Morgan fingerprint density at radius 1 is 1.04 bits per heavy atom. The molecule has 0 heterocycles. The Bertz CT molecular complexity index is 943. The number of benzene rings is 3. The van der Waals surface area contributed by atoms with Crippen LogP contribution in [0.4, 0.5) is 5.69 Å². The molecule has 0 radical (unpaired) electrons. The van der Waals surface area contributed by atoms with Crippen molar-refractivity contribution >= 4 is 51.3 Å². The number of phenols is 1. The van der Waals surface area contributed by atoms with Crippen molar-refractivity contribution in [2.75, 3.05) is 5.32 Å². The zero-order valence-corrected chi connectivity index (χ0v) is 14.0. The van der Waals surface area contributed by atoms with Crippen LogP contribution in [0, 0.1) is 0 Å². The molecule has 0 aliphatic heterocycles.